The largest absolute Gasteiger partial charge is 0.384 e. The van der Waals surface area contributed by atoms with E-state index in [1.54, 1.807) is 17.8 Å². The summed E-state index contributed by atoms with van der Waals surface area (Å²) in [5.41, 5.74) is 5.02. The van der Waals surface area contributed by atoms with Crippen molar-refractivity contribution in [1.29, 1.82) is 0 Å². The van der Waals surface area contributed by atoms with Crippen molar-refractivity contribution in [2.75, 3.05) is 44.7 Å². The second-order valence-corrected chi connectivity index (χ2v) is 12.1. The molecule has 1 aromatic heterocycles. The van der Waals surface area contributed by atoms with E-state index in [4.69, 9.17) is 0 Å². The third-order valence-corrected chi connectivity index (χ3v) is 8.30. The molecule has 178 valence electrons. The number of aromatic nitrogens is 1. The van der Waals surface area contributed by atoms with E-state index in [2.05, 4.69) is 28.2 Å². The Morgan fingerprint density at radius 2 is 2.06 bits per heavy atom. The van der Waals surface area contributed by atoms with Gasteiger partial charge in [-0.25, -0.2) is 8.42 Å². The molecule has 7 nitrogen and oxygen atoms in total. The number of fused-ring (bicyclic) bond motifs is 2. The number of hydrogen-bond donors (Lipinski definition) is 1. The van der Waals surface area contributed by atoms with Gasteiger partial charge in [0, 0.05) is 50.9 Å². The van der Waals surface area contributed by atoms with Crippen LogP contribution in [-0.4, -0.2) is 73.6 Å². The maximum absolute atomic E-state index is 13.3. The molecule has 0 saturated carbocycles. The molecule has 1 saturated heterocycles. The van der Waals surface area contributed by atoms with Gasteiger partial charge in [-0.1, -0.05) is 6.92 Å². The van der Waals surface area contributed by atoms with Crippen LogP contribution in [0.25, 0.3) is 11.3 Å². The number of hydrogen-bond acceptors (Lipinski definition) is 6. The number of allylic oxidation sites excluding steroid dienone is 1. The van der Waals surface area contributed by atoms with Crippen molar-refractivity contribution >= 4 is 21.1 Å². The quantitative estimate of drug-likeness (QED) is 0.708. The first-order valence-electron chi connectivity index (χ1n) is 12.0. The van der Waals surface area contributed by atoms with Crippen molar-refractivity contribution in [3.05, 3.63) is 57.2 Å². The minimum atomic E-state index is -3.26. The summed E-state index contributed by atoms with van der Waals surface area (Å²) in [6, 6.07) is 2.10. The van der Waals surface area contributed by atoms with Crippen LogP contribution in [0.3, 0.4) is 0 Å². The topological polar surface area (TPSA) is 74.7 Å². The second-order valence-electron chi connectivity index (χ2n) is 9.96. The highest BCUT2D eigenvalue weighted by atomic mass is 32.2. The lowest BCUT2D eigenvalue weighted by Gasteiger charge is -2.38. The van der Waals surface area contributed by atoms with Crippen LogP contribution >= 0.6 is 0 Å². The van der Waals surface area contributed by atoms with Crippen LogP contribution in [0.1, 0.15) is 37.3 Å². The van der Waals surface area contributed by atoms with Gasteiger partial charge in [-0.15, -0.1) is 0 Å². The van der Waals surface area contributed by atoms with Crippen LogP contribution < -0.4 is 10.9 Å². The molecule has 1 aromatic rings. The summed E-state index contributed by atoms with van der Waals surface area (Å²) >= 11 is 0. The fourth-order valence-corrected chi connectivity index (χ4v) is 6.76. The van der Waals surface area contributed by atoms with Crippen molar-refractivity contribution in [3.8, 4) is 0 Å². The van der Waals surface area contributed by atoms with Gasteiger partial charge in [0.1, 0.15) is 0 Å². The summed E-state index contributed by atoms with van der Waals surface area (Å²) in [5, 5.41) is 3.52. The Morgan fingerprint density at radius 1 is 1.24 bits per heavy atom. The number of likely N-dealkylation sites (tertiary alicyclic amines) is 1. The summed E-state index contributed by atoms with van der Waals surface area (Å²) in [4.78, 5) is 18.3. The van der Waals surface area contributed by atoms with Crippen LogP contribution in [-0.2, 0) is 16.9 Å². The van der Waals surface area contributed by atoms with Crippen molar-refractivity contribution in [3.63, 3.8) is 0 Å². The molecule has 0 amide bonds. The maximum atomic E-state index is 13.3. The van der Waals surface area contributed by atoms with Crippen LogP contribution in [0.2, 0.25) is 0 Å². The Bertz CT molecular complexity index is 1220. The number of nitrogens with one attached hydrogen (secondary N) is 1. The minimum Gasteiger partial charge on any atom is -0.384 e. The SMILES string of the molecule is CCN1CCCC(CN2C=C3C=C(CS(C)(=O)=O)c4ccn(C)c(=O)c4C4=C3C2CCN4)C1. The Balaban J connectivity index is 1.60. The third-order valence-electron chi connectivity index (χ3n) is 7.47. The van der Waals surface area contributed by atoms with Gasteiger partial charge in [-0.2, -0.15) is 0 Å². The van der Waals surface area contributed by atoms with Gasteiger partial charge >= 0.3 is 0 Å². The van der Waals surface area contributed by atoms with Crippen LogP contribution in [0, 0.1) is 5.92 Å². The molecule has 0 bridgehead atoms. The van der Waals surface area contributed by atoms with Gasteiger partial charge in [0.2, 0.25) is 0 Å². The molecule has 1 aliphatic carbocycles. The number of piperidine rings is 1. The molecular formula is C25H34N4O3S. The molecule has 3 aliphatic heterocycles. The Labute approximate surface area is 196 Å². The van der Waals surface area contributed by atoms with Crippen molar-refractivity contribution in [2.45, 2.75) is 32.2 Å². The highest BCUT2D eigenvalue weighted by Gasteiger charge is 2.39. The summed E-state index contributed by atoms with van der Waals surface area (Å²) in [5.74, 6) is 0.542. The van der Waals surface area contributed by atoms with Crippen molar-refractivity contribution in [2.24, 2.45) is 13.0 Å². The molecule has 1 fully saturated rings. The van der Waals surface area contributed by atoms with Gasteiger partial charge in [0.05, 0.1) is 23.1 Å². The van der Waals surface area contributed by atoms with Gasteiger partial charge in [0.25, 0.3) is 5.56 Å². The third kappa shape index (κ3) is 4.19. The van der Waals surface area contributed by atoms with Crippen LogP contribution in [0.15, 0.2) is 40.5 Å². The molecule has 5 rings (SSSR count). The number of aryl methyl sites for hydroxylation is 1. The fraction of sp³-hybridized carbons (Fsp3) is 0.560. The maximum Gasteiger partial charge on any atom is 0.260 e. The van der Waals surface area contributed by atoms with Crippen LogP contribution in [0.5, 0.6) is 0 Å². The van der Waals surface area contributed by atoms with Crippen molar-refractivity contribution in [1.82, 2.24) is 19.7 Å². The minimum absolute atomic E-state index is 0.0795. The van der Waals surface area contributed by atoms with E-state index < -0.39 is 9.84 Å². The lowest BCUT2D eigenvalue weighted by Crippen LogP contribution is -2.43. The Hall–Kier alpha value is -2.32. The van der Waals surface area contributed by atoms with E-state index in [9.17, 15) is 13.2 Å². The number of sulfone groups is 1. The lowest BCUT2D eigenvalue weighted by atomic mass is 9.91. The molecule has 2 unspecified atom stereocenters. The Kier molecular flexibility index (Phi) is 5.77. The van der Waals surface area contributed by atoms with Gasteiger partial charge in [-0.3, -0.25) is 4.79 Å². The summed E-state index contributed by atoms with van der Waals surface area (Å²) in [6.45, 7) is 7.44. The van der Waals surface area contributed by atoms with Crippen molar-refractivity contribution < 1.29 is 8.42 Å². The predicted molar refractivity (Wildman–Crippen MR) is 132 cm³/mol. The summed E-state index contributed by atoms with van der Waals surface area (Å²) in [6.07, 6.45) is 10.7. The molecule has 0 aromatic carbocycles. The standard InChI is InChI=1S/C25H34N4O3S/c1-4-28-10-5-6-17(13-28)14-29-15-18-12-19(16-33(3,31)32)20-8-11-27(2)25(30)23(20)24-22(18)21(29)7-9-26-24/h8,11-12,15,17,21,26H,4-7,9-10,13-14,16H2,1-3H3. The monoisotopic (exact) mass is 470 g/mol. The average molecular weight is 471 g/mol. The van der Waals surface area contributed by atoms with E-state index >= 15 is 0 Å². The molecule has 2 atom stereocenters. The summed E-state index contributed by atoms with van der Waals surface area (Å²) in [7, 11) is -1.51. The normalized spacial score (nSPS) is 25.1. The summed E-state index contributed by atoms with van der Waals surface area (Å²) < 4.78 is 26.2. The zero-order valence-corrected chi connectivity index (χ0v) is 20.6. The molecule has 4 aliphatic rings. The highest BCUT2D eigenvalue weighted by molar-refractivity contribution is 7.91. The highest BCUT2D eigenvalue weighted by Crippen LogP contribution is 2.43. The van der Waals surface area contributed by atoms with E-state index in [0.717, 1.165) is 55.0 Å². The number of rotatable bonds is 5. The fourth-order valence-electron chi connectivity index (χ4n) is 5.96. The van der Waals surface area contributed by atoms with E-state index in [-0.39, 0.29) is 17.4 Å². The van der Waals surface area contributed by atoms with E-state index in [1.807, 2.05) is 12.1 Å². The van der Waals surface area contributed by atoms with Crippen LogP contribution in [0.4, 0.5) is 0 Å². The zero-order valence-electron chi connectivity index (χ0n) is 19.8. The first kappa shape index (κ1) is 22.5. The molecule has 8 heteroatoms. The predicted octanol–water partition coefficient (Wildman–Crippen LogP) is 1.83. The molecule has 0 spiro atoms. The first-order chi connectivity index (χ1) is 15.7. The molecule has 1 N–H and O–H groups in total. The smallest absolute Gasteiger partial charge is 0.260 e. The molecule has 4 heterocycles. The Morgan fingerprint density at radius 3 is 2.82 bits per heavy atom. The lowest BCUT2D eigenvalue weighted by molar-refractivity contribution is 0.147. The average Bonchev–Trinajstić information content (AvgIpc) is 3.05. The van der Waals surface area contributed by atoms with Gasteiger partial charge in [-0.05, 0) is 67.1 Å². The molecule has 0 radical (unpaired) electrons. The first-order valence-corrected chi connectivity index (χ1v) is 14.1. The number of pyridine rings is 1. The van der Waals surface area contributed by atoms with Gasteiger partial charge in [0.15, 0.2) is 9.84 Å². The molecule has 33 heavy (non-hydrogen) atoms. The zero-order chi connectivity index (χ0) is 23.3. The molecular weight excluding hydrogens is 436 g/mol. The van der Waals surface area contributed by atoms with E-state index in [1.165, 1.54) is 25.6 Å². The van der Waals surface area contributed by atoms with E-state index in [0.29, 0.717) is 17.1 Å². The van der Waals surface area contributed by atoms with Gasteiger partial charge < -0.3 is 19.7 Å². The number of nitrogens with zero attached hydrogens (tertiary/aromatic N) is 3. The second kappa shape index (κ2) is 8.47.